The molecule has 0 radical (unpaired) electrons. The first kappa shape index (κ1) is 12.3. The van der Waals surface area contributed by atoms with Gasteiger partial charge in [0.15, 0.2) is 0 Å². The molecule has 1 aromatic carbocycles. The van der Waals surface area contributed by atoms with Gasteiger partial charge in [0.05, 0.1) is 11.4 Å². The summed E-state index contributed by atoms with van der Waals surface area (Å²) in [4.78, 5) is 14.0. The van der Waals surface area contributed by atoms with Gasteiger partial charge in [0.25, 0.3) is 0 Å². The van der Waals surface area contributed by atoms with E-state index in [0.717, 1.165) is 56.6 Å². The minimum atomic E-state index is -0.698. The number of hydrogen-bond acceptors (Lipinski definition) is 3. The van der Waals surface area contributed by atoms with E-state index < -0.39 is 11.5 Å². The Morgan fingerprint density at radius 3 is 2.68 bits per heavy atom. The van der Waals surface area contributed by atoms with Crippen molar-refractivity contribution in [1.82, 2.24) is 0 Å². The molecule has 0 atom stereocenters. The SMILES string of the molecule is O=C(O)C1(N2CCNc3ccccc32)CCCCC1. The van der Waals surface area contributed by atoms with Crippen molar-refractivity contribution in [3.8, 4) is 0 Å². The van der Waals surface area contributed by atoms with Crippen LogP contribution in [-0.2, 0) is 4.79 Å². The topological polar surface area (TPSA) is 52.6 Å². The molecule has 1 fully saturated rings. The number of benzene rings is 1. The van der Waals surface area contributed by atoms with Gasteiger partial charge in [-0.3, -0.25) is 0 Å². The summed E-state index contributed by atoms with van der Waals surface area (Å²) in [6.45, 7) is 1.58. The second kappa shape index (κ2) is 4.76. The monoisotopic (exact) mass is 260 g/mol. The van der Waals surface area contributed by atoms with Gasteiger partial charge in [-0.25, -0.2) is 4.79 Å². The van der Waals surface area contributed by atoms with Crippen LogP contribution in [0.25, 0.3) is 0 Å². The van der Waals surface area contributed by atoms with E-state index in [0.29, 0.717) is 0 Å². The molecule has 2 N–H and O–H groups in total. The first-order chi connectivity index (χ1) is 9.24. The quantitative estimate of drug-likeness (QED) is 0.858. The molecule has 1 aliphatic carbocycles. The van der Waals surface area contributed by atoms with Crippen LogP contribution in [0.3, 0.4) is 0 Å². The molecule has 0 unspecified atom stereocenters. The van der Waals surface area contributed by atoms with Gasteiger partial charge < -0.3 is 15.3 Å². The van der Waals surface area contributed by atoms with E-state index in [1.54, 1.807) is 0 Å². The molecule has 0 saturated heterocycles. The molecule has 1 heterocycles. The maximum Gasteiger partial charge on any atom is 0.329 e. The van der Waals surface area contributed by atoms with Crippen molar-refractivity contribution in [2.75, 3.05) is 23.3 Å². The zero-order valence-corrected chi connectivity index (χ0v) is 11.1. The highest BCUT2D eigenvalue weighted by Crippen LogP contribution is 2.41. The summed E-state index contributed by atoms with van der Waals surface area (Å²) in [5, 5.41) is 13.2. The Morgan fingerprint density at radius 1 is 1.21 bits per heavy atom. The predicted octanol–water partition coefficient (Wildman–Crippen LogP) is 2.71. The van der Waals surface area contributed by atoms with E-state index in [9.17, 15) is 9.90 Å². The summed E-state index contributed by atoms with van der Waals surface area (Å²) >= 11 is 0. The lowest BCUT2D eigenvalue weighted by Gasteiger charge is -2.47. The van der Waals surface area contributed by atoms with Gasteiger partial charge in [0, 0.05) is 13.1 Å². The standard InChI is InChI=1S/C15H20N2O2/c18-14(19)15(8-4-1-5-9-15)17-11-10-16-12-6-2-3-7-13(12)17/h2-3,6-7,16H,1,4-5,8-11H2,(H,18,19). The molecule has 19 heavy (non-hydrogen) atoms. The van der Waals surface area contributed by atoms with Crippen LogP contribution in [0.4, 0.5) is 11.4 Å². The molecule has 1 aliphatic heterocycles. The maximum atomic E-state index is 11.9. The summed E-state index contributed by atoms with van der Waals surface area (Å²) in [5.74, 6) is -0.663. The van der Waals surface area contributed by atoms with Gasteiger partial charge in [-0.05, 0) is 25.0 Å². The third-order valence-corrected chi connectivity index (χ3v) is 4.44. The Hall–Kier alpha value is -1.71. The Morgan fingerprint density at radius 2 is 1.95 bits per heavy atom. The average Bonchev–Trinajstić information content (AvgIpc) is 2.47. The zero-order valence-electron chi connectivity index (χ0n) is 11.1. The highest BCUT2D eigenvalue weighted by atomic mass is 16.4. The van der Waals surface area contributed by atoms with Gasteiger partial charge in [-0.1, -0.05) is 31.4 Å². The zero-order chi connectivity index (χ0) is 13.3. The molecule has 1 aromatic rings. The van der Waals surface area contributed by atoms with Crippen molar-refractivity contribution < 1.29 is 9.90 Å². The van der Waals surface area contributed by atoms with Crippen molar-refractivity contribution in [3.05, 3.63) is 24.3 Å². The van der Waals surface area contributed by atoms with Crippen LogP contribution in [0.5, 0.6) is 0 Å². The first-order valence-electron chi connectivity index (χ1n) is 7.08. The van der Waals surface area contributed by atoms with Crippen LogP contribution >= 0.6 is 0 Å². The number of aliphatic carboxylic acids is 1. The molecule has 3 rings (SSSR count). The van der Waals surface area contributed by atoms with Crippen LogP contribution in [0.2, 0.25) is 0 Å². The lowest BCUT2D eigenvalue weighted by atomic mass is 9.79. The molecule has 0 spiro atoms. The normalized spacial score (nSPS) is 21.4. The van der Waals surface area contributed by atoms with Crippen LogP contribution in [0, 0.1) is 0 Å². The van der Waals surface area contributed by atoms with Gasteiger partial charge in [-0.2, -0.15) is 0 Å². The van der Waals surface area contributed by atoms with Crippen molar-refractivity contribution >= 4 is 17.3 Å². The van der Waals surface area contributed by atoms with Gasteiger partial charge in [0.2, 0.25) is 0 Å². The average molecular weight is 260 g/mol. The van der Waals surface area contributed by atoms with Gasteiger partial charge >= 0.3 is 5.97 Å². The number of carboxylic acid groups (broad SMARTS) is 1. The second-order valence-corrected chi connectivity index (χ2v) is 5.49. The highest BCUT2D eigenvalue weighted by Gasteiger charge is 2.46. The third-order valence-electron chi connectivity index (χ3n) is 4.44. The molecule has 0 bridgehead atoms. The molecular formula is C15H20N2O2. The van der Waals surface area contributed by atoms with Crippen LogP contribution < -0.4 is 10.2 Å². The van der Waals surface area contributed by atoms with E-state index in [2.05, 4.69) is 10.2 Å². The maximum absolute atomic E-state index is 11.9. The van der Waals surface area contributed by atoms with Crippen molar-refractivity contribution in [3.63, 3.8) is 0 Å². The number of carboxylic acids is 1. The first-order valence-corrected chi connectivity index (χ1v) is 7.08. The summed E-state index contributed by atoms with van der Waals surface area (Å²) in [6, 6.07) is 8.03. The number of rotatable bonds is 2. The molecule has 1 saturated carbocycles. The lowest BCUT2D eigenvalue weighted by molar-refractivity contribution is -0.144. The predicted molar refractivity (Wildman–Crippen MR) is 75.7 cm³/mol. The molecule has 0 aromatic heterocycles. The number of carbonyl (C=O) groups is 1. The summed E-state index contributed by atoms with van der Waals surface area (Å²) < 4.78 is 0. The van der Waals surface area contributed by atoms with E-state index >= 15 is 0 Å². The van der Waals surface area contributed by atoms with Crippen molar-refractivity contribution in [2.45, 2.75) is 37.6 Å². The molecule has 102 valence electrons. The Labute approximate surface area is 113 Å². The molecule has 4 nitrogen and oxygen atoms in total. The van der Waals surface area contributed by atoms with E-state index in [1.807, 2.05) is 24.3 Å². The Balaban J connectivity index is 2.02. The minimum absolute atomic E-state index is 0.663. The summed E-state index contributed by atoms with van der Waals surface area (Å²) in [5.41, 5.74) is 1.40. The van der Waals surface area contributed by atoms with Crippen LogP contribution in [-0.4, -0.2) is 29.7 Å². The van der Waals surface area contributed by atoms with Gasteiger partial charge in [0.1, 0.15) is 5.54 Å². The lowest BCUT2D eigenvalue weighted by Crippen LogP contribution is -2.58. The molecular weight excluding hydrogens is 240 g/mol. The number of anilines is 2. The smallest absolute Gasteiger partial charge is 0.329 e. The summed E-state index contributed by atoms with van der Waals surface area (Å²) in [7, 11) is 0. The minimum Gasteiger partial charge on any atom is -0.479 e. The number of hydrogen-bond donors (Lipinski definition) is 2. The number of para-hydroxylation sites is 2. The highest BCUT2D eigenvalue weighted by molar-refractivity contribution is 5.87. The second-order valence-electron chi connectivity index (χ2n) is 5.49. The number of fused-ring (bicyclic) bond motifs is 1. The van der Waals surface area contributed by atoms with Crippen molar-refractivity contribution in [1.29, 1.82) is 0 Å². The summed E-state index contributed by atoms with van der Waals surface area (Å²) in [6.07, 6.45) is 4.70. The fourth-order valence-corrected chi connectivity index (χ4v) is 3.46. The molecule has 2 aliphatic rings. The number of nitrogens with one attached hydrogen (secondary N) is 1. The Bertz CT molecular complexity index is 481. The fourth-order valence-electron chi connectivity index (χ4n) is 3.46. The number of nitrogens with zero attached hydrogens (tertiary/aromatic N) is 1. The largest absolute Gasteiger partial charge is 0.479 e. The van der Waals surface area contributed by atoms with E-state index in [-0.39, 0.29) is 0 Å². The van der Waals surface area contributed by atoms with Crippen LogP contribution in [0.1, 0.15) is 32.1 Å². The molecule has 4 heteroatoms. The van der Waals surface area contributed by atoms with Crippen LogP contribution in [0.15, 0.2) is 24.3 Å². The van der Waals surface area contributed by atoms with Gasteiger partial charge in [-0.15, -0.1) is 0 Å². The fraction of sp³-hybridized carbons (Fsp3) is 0.533. The Kier molecular flexibility index (Phi) is 3.09. The third kappa shape index (κ3) is 1.95. The van der Waals surface area contributed by atoms with E-state index in [1.165, 1.54) is 0 Å². The van der Waals surface area contributed by atoms with Crippen molar-refractivity contribution in [2.24, 2.45) is 0 Å². The van der Waals surface area contributed by atoms with E-state index in [4.69, 9.17) is 0 Å². The molecule has 0 amide bonds.